The number of aromatic nitrogens is 5. The number of nitrogens with zero attached hydrogens (tertiary/aromatic N) is 4. The summed E-state index contributed by atoms with van der Waals surface area (Å²) in [5.74, 6) is 1.55. The molecule has 132 valence electrons. The molecule has 4 bridgehead atoms. The van der Waals surface area contributed by atoms with Crippen molar-refractivity contribution >= 4 is 5.91 Å². The number of amides is 1. The van der Waals surface area contributed by atoms with E-state index in [1.54, 1.807) is 12.5 Å². The van der Waals surface area contributed by atoms with E-state index in [1.807, 2.05) is 12.5 Å². The van der Waals surface area contributed by atoms with Crippen LogP contribution in [0.5, 0.6) is 0 Å². The molecule has 0 radical (unpaired) electrons. The number of nitrogens with one attached hydrogen (secondary N) is 2. The highest BCUT2D eigenvalue weighted by atomic mass is 16.1. The van der Waals surface area contributed by atoms with Gasteiger partial charge in [-0.25, -0.2) is 9.67 Å². The van der Waals surface area contributed by atoms with E-state index in [0.717, 1.165) is 31.2 Å². The van der Waals surface area contributed by atoms with Gasteiger partial charge in [0.15, 0.2) is 0 Å². The SMILES string of the molecule is O=C(CCc1cn[nH]c1)NC12CC3CC(C1)CC(n1cncn1)(C3)C2. The van der Waals surface area contributed by atoms with Crippen LogP contribution in [0.3, 0.4) is 0 Å². The van der Waals surface area contributed by atoms with Crippen LogP contribution in [-0.4, -0.2) is 36.4 Å². The average molecular weight is 340 g/mol. The second-order valence-electron chi connectivity index (χ2n) is 8.46. The minimum atomic E-state index is -0.0521. The Hall–Kier alpha value is -2.18. The van der Waals surface area contributed by atoms with Crippen LogP contribution in [0.1, 0.15) is 50.5 Å². The normalized spacial score (nSPS) is 35.8. The maximum absolute atomic E-state index is 12.6. The molecule has 2 heterocycles. The maximum atomic E-state index is 12.6. The lowest BCUT2D eigenvalue weighted by Crippen LogP contribution is -2.65. The van der Waals surface area contributed by atoms with Crippen molar-refractivity contribution in [1.82, 2.24) is 30.3 Å². The lowest BCUT2D eigenvalue weighted by atomic mass is 9.50. The van der Waals surface area contributed by atoms with Crippen molar-refractivity contribution in [1.29, 1.82) is 0 Å². The van der Waals surface area contributed by atoms with Gasteiger partial charge < -0.3 is 5.32 Å². The highest BCUT2D eigenvalue weighted by molar-refractivity contribution is 5.77. The molecule has 1 amide bonds. The Balaban J connectivity index is 1.33. The fourth-order valence-electron chi connectivity index (χ4n) is 6.11. The predicted octanol–water partition coefficient (Wildman–Crippen LogP) is 1.80. The van der Waals surface area contributed by atoms with Crippen molar-refractivity contribution in [2.75, 3.05) is 0 Å². The third-order valence-corrected chi connectivity index (χ3v) is 6.54. The van der Waals surface area contributed by atoms with Crippen LogP contribution in [0.4, 0.5) is 0 Å². The van der Waals surface area contributed by atoms with E-state index in [4.69, 9.17) is 0 Å². The first kappa shape index (κ1) is 15.1. The molecule has 2 aromatic rings. The second kappa shape index (κ2) is 5.41. The van der Waals surface area contributed by atoms with Gasteiger partial charge in [-0.1, -0.05) is 0 Å². The minimum absolute atomic E-state index is 0.0521. The van der Waals surface area contributed by atoms with Crippen molar-refractivity contribution in [2.24, 2.45) is 11.8 Å². The molecule has 2 unspecified atom stereocenters. The van der Waals surface area contributed by atoms with Gasteiger partial charge in [-0.2, -0.15) is 10.2 Å². The molecule has 4 aliphatic carbocycles. The van der Waals surface area contributed by atoms with Crippen LogP contribution in [0.15, 0.2) is 25.0 Å². The molecule has 0 aliphatic heterocycles. The molecule has 0 saturated heterocycles. The first-order chi connectivity index (χ1) is 12.1. The molecule has 2 N–H and O–H groups in total. The Labute approximate surface area is 146 Å². The van der Waals surface area contributed by atoms with E-state index < -0.39 is 0 Å². The molecule has 25 heavy (non-hydrogen) atoms. The third kappa shape index (κ3) is 2.56. The number of rotatable bonds is 5. The number of carbonyl (C=O) groups is 1. The second-order valence-corrected chi connectivity index (χ2v) is 8.46. The first-order valence-corrected chi connectivity index (χ1v) is 9.29. The smallest absolute Gasteiger partial charge is 0.220 e. The van der Waals surface area contributed by atoms with Gasteiger partial charge in [0.25, 0.3) is 0 Å². The zero-order chi connectivity index (χ0) is 16.9. The number of aryl methyl sites for hydroxylation is 1. The van der Waals surface area contributed by atoms with E-state index in [1.165, 1.54) is 19.3 Å². The first-order valence-electron chi connectivity index (χ1n) is 9.29. The fraction of sp³-hybridized carbons (Fsp3) is 0.667. The summed E-state index contributed by atoms with van der Waals surface area (Å²) in [6, 6.07) is 0. The summed E-state index contributed by atoms with van der Waals surface area (Å²) in [4.78, 5) is 16.8. The van der Waals surface area contributed by atoms with E-state index in [0.29, 0.717) is 18.3 Å². The number of H-pyrrole nitrogens is 1. The van der Waals surface area contributed by atoms with Gasteiger partial charge in [0.05, 0.1) is 11.7 Å². The molecular weight excluding hydrogens is 316 g/mol. The maximum Gasteiger partial charge on any atom is 0.220 e. The van der Waals surface area contributed by atoms with Crippen LogP contribution in [0, 0.1) is 11.8 Å². The number of aromatic amines is 1. The summed E-state index contributed by atoms with van der Waals surface area (Å²) >= 11 is 0. The summed E-state index contributed by atoms with van der Waals surface area (Å²) in [5.41, 5.74) is 1.09. The van der Waals surface area contributed by atoms with Crippen molar-refractivity contribution in [3.05, 3.63) is 30.6 Å². The molecular formula is C18H24N6O. The lowest BCUT2D eigenvalue weighted by molar-refractivity contribution is -0.130. The molecule has 2 atom stereocenters. The van der Waals surface area contributed by atoms with E-state index in [-0.39, 0.29) is 17.0 Å². The van der Waals surface area contributed by atoms with Crippen molar-refractivity contribution in [3.8, 4) is 0 Å². The fourth-order valence-corrected chi connectivity index (χ4v) is 6.11. The predicted molar refractivity (Wildman–Crippen MR) is 90.5 cm³/mol. The van der Waals surface area contributed by atoms with Gasteiger partial charge in [0, 0.05) is 18.2 Å². The Morgan fingerprint density at radius 3 is 2.84 bits per heavy atom. The van der Waals surface area contributed by atoms with Gasteiger partial charge in [0.2, 0.25) is 5.91 Å². The minimum Gasteiger partial charge on any atom is -0.351 e. The van der Waals surface area contributed by atoms with Crippen LogP contribution >= 0.6 is 0 Å². The summed E-state index contributed by atoms with van der Waals surface area (Å²) in [6.07, 6.45) is 15.3. The molecule has 4 aliphatic rings. The summed E-state index contributed by atoms with van der Waals surface area (Å²) < 4.78 is 2.08. The van der Waals surface area contributed by atoms with Crippen LogP contribution in [0.2, 0.25) is 0 Å². The Morgan fingerprint density at radius 1 is 1.32 bits per heavy atom. The number of hydrogen-bond acceptors (Lipinski definition) is 4. The topological polar surface area (TPSA) is 88.5 Å². The van der Waals surface area contributed by atoms with Gasteiger partial charge in [0.1, 0.15) is 12.7 Å². The summed E-state index contributed by atoms with van der Waals surface area (Å²) in [6.45, 7) is 0. The van der Waals surface area contributed by atoms with Crippen LogP contribution < -0.4 is 5.32 Å². The molecule has 4 fully saturated rings. The van der Waals surface area contributed by atoms with Crippen LogP contribution in [0.25, 0.3) is 0 Å². The van der Waals surface area contributed by atoms with E-state index >= 15 is 0 Å². The van der Waals surface area contributed by atoms with E-state index in [9.17, 15) is 4.79 Å². The molecule has 6 rings (SSSR count). The lowest BCUT2D eigenvalue weighted by Gasteiger charge is -2.61. The van der Waals surface area contributed by atoms with Crippen LogP contribution in [-0.2, 0) is 16.8 Å². The van der Waals surface area contributed by atoms with Crippen molar-refractivity contribution in [3.63, 3.8) is 0 Å². The molecule has 2 aromatic heterocycles. The quantitative estimate of drug-likeness (QED) is 0.869. The zero-order valence-electron chi connectivity index (χ0n) is 14.3. The Kier molecular flexibility index (Phi) is 3.27. The molecule has 0 aromatic carbocycles. The molecule has 7 heteroatoms. The van der Waals surface area contributed by atoms with Gasteiger partial charge in [-0.3, -0.25) is 9.89 Å². The van der Waals surface area contributed by atoms with Gasteiger partial charge >= 0.3 is 0 Å². The van der Waals surface area contributed by atoms with Crippen molar-refractivity contribution in [2.45, 2.75) is 62.4 Å². The monoisotopic (exact) mass is 340 g/mol. The highest BCUT2D eigenvalue weighted by Crippen LogP contribution is 2.60. The van der Waals surface area contributed by atoms with E-state index in [2.05, 4.69) is 30.3 Å². The number of carbonyl (C=O) groups excluding carboxylic acids is 1. The molecule has 0 spiro atoms. The highest BCUT2D eigenvalue weighted by Gasteiger charge is 2.59. The van der Waals surface area contributed by atoms with Crippen molar-refractivity contribution < 1.29 is 4.79 Å². The third-order valence-electron chi connectivity index (χ3n) is 6.54. The molecule has 7 nitrogen and oxygen atoms in total. The van der Waals surface area contributed by atoms with Gasteiger partial charge in [-0.05, 0) is 62.3 Å². The van der Waals surface area contributed by atoms with Gasteiger partial charge in [-0.15, -0.1) is 0 Å². The average Bonchev–Trinajstić information content (AvgIpc) is 3.25. The molecule has 4 saturated carbocycles. The Bertz CT molecular complexity index is 739. The Morgan fingerprint density at radius 2 is 2.16 bits per heavy atom. The number of hydrogen-bond donors (Lipinski definition) is 2. The standard InChI is InChI=1S/C18H24N6O/c25-16(2-1-13-8-20-21-9-13)23-17-4-14-3-15(5-17)7-18(6-14,10-17)24-12-19-11-22-24/h8-9,11-12,14-15H,1-7,10H2,(H,20,21)(H,23,25). The summed E-state index contributed by atoms with van der Waals surface area (Å²) in [7, 11) is 0. The largest absolute Gasteiger partial charge is 0.351 e. The zero-order valence-corrected chi connectivity index (χ0v) is 14.3. The summed E-state index contributed by atoms with van der Waals surface area (Å²) in [5, 5.41) is 14.7.